The lowest BCUT2D eigenvalue weighted by Gasteiger charge is -2.20. The molecule has 4 heteroatoms. The van der Waals surface area contributed by atoms with Crippen LogP contribution in [0.1, 0.15) is 33.9 Å². The van der Waals surface area contributed by atoms with E-state index >= 15 is 0 Å². The fourth-order valence-electron chi connectivity index (χ4n) is 2.71. The van der Waals surface area contributed by atoms with E-state index in [0.29, 0.717) is 15.8 Å². The molecule has 0 aliphatic heterocycles. The van der Waals surface area contributed by atoms with Gasteiger partial charge in [0.15, 0.2) is 0 Å². The molecule has 2 aromatic carbocycles. The zero-order valence-electron chi connectivity index (χ0n) is 12.5. The van der Waals surface area contributed by atoms with Crippen molar-refractivity contribution in [2.24, 2.45) is 0 Å². The van der Waals surface area contributed by atoms with Crippen LogP contribution in [0.25, 0.3) is 0 Å². The number of halogens is 2. The number of aliphatic hydroxyl groups is 1. The first kappa shape index (κ1) is 16.0. The second kappa shape index (κ2) is 6.16. The van der Waals surface area contributed by atoms with Gasteiger partial charge in [-0.05, 0) is 59.5 Å². The SMILES string of the molecule is COc1cc(F)c(Br)cc1C(O)c1c(C)cc(C)cc1C. The summed E-state index contributed by atoms with van der Waals surface area (Å²) in [5, 5.41) is 10.7. The molecule has 0 heterocycles. The lowest BCUT2D eigenvalue weighted by molar-refractivity contribution is 0.213. The van der Waals surface area contributed by atoms with Crippen molar-refractivity contribution in [3.8, 4) is 5.75 Å². The van der Waals surface area contributed by atoms with Crippen LogP contribution in [-0.2, 0) is 0 Å². The van der Waals surface area contributed by atoms with Gasteiger partial charge in [-0.15, -0.1) is 0 Å². The predicted octanol–water partition coefficient (Wildman–Crippen LogP) is 4.60. The molecule has 0 saturated carbocycles. The van der Waals surface area contributed by atoms with Crippen molar-refractivity contribution in [2.45, 2.75) is 26.9 Å². The Morgan fingerprint density at radius 2 is 1.67 bits per heavy atom. The number of aliphatic hydroxyl groups excluding tert-OH is 1. The van der Waals surface area contributed by atoms with Gasteiger partial charge in [0.2, 0.25) is 0 Å². The fourth-order valence-corrected chi connectivity index (χ4v) is 3.07. The van der Waals surface area contributed by atoms with Crippen LogP contribution in [0.15, 0.2) is 28.7 Å². The molecule has 0 aliphatic carbocycles. The summed E-state index contributed by atoms with van der Waals surface area (Å²) in [6, 6.07) is 6.90. The topological polar surface area (TPSA) is 29.5 Å². The minimum Gasteiger partial charge on any atom is -0.496 e. The Morgan fingerprint density at radius 3 is 2.19 bits per heavy atom. The minimum absolute atomic E-state index is 0.305. The van der Waals surface area contributed by atoms with Gasteiger partial charge in [0.25, 0.3) is 0 Å². The van der Waals surface area contributed by atoms with Gasteiger partial charge in [-0.1, -0.05) is 17.7 Å². The number of methoxy groups -OCH3 is 1. The smallest absolute Gasteiger partial charge is 0.141 e. The molecule has 1 N–H and O–H groups in total. The molecule has 0 aromatic heterocycles. The Balaban J connectivity index is 2.60. The van der Waals surface area contributed by atoms with E-state index in [1.165, 1.54) is 13.2 Å². The largest absolute Gasteiger partial charge is 0.496 e. The highest BCUT2D eigenvalue weighted by Crippen LogP contribution is 2.36. The van der Waals surface area contributed by atoms with Crippen molar-refractivity contribution in [2.75, 3.05) is 7.11 Å². The highest BCUT2D eigenvalue weighted by Gasteiger charge is 2.21. The summed E-state index contributed by atoms with van der Waals surface area (Å²) in [5.41, 5.74) is 4.52. The Hall–Kier alpha value is -1.39. The number of hydrogen-bond acceptors (Lipinski definition) is 2. The third-order valence-electron chi connectivity index (χ3n) is 3.58. The van der Waals surface area contributed by atoms with E-state index < -0.39 is 11.9 Å². The second-order valence-electron chi connectivity index (χ2n) is 5.22. The molecule has 2 rings (SSSR count). The summed E-state index contributed by atoms with van der Waals surface area (Å²) < 4.78 is 19.1. The van der Waals surface area contributed by atoms with E-state index in [0.717, 1.165) is 22.3 Å². The Bertz CT molecular complexity index is 660. The number of benzene rings is 2. The maximum absolute atomic E-state index is 13.6. The quantitative estimate of drug-likeness (QED) is 0.874. The molecule has 0 fully saturated rings. The molecule has 112 valence electrons. The van der Waals surface area contributed by atoms with Gasteiger partial charge >= 0.3 is 0 Å². The average molecular weight is 353 g/mol. The maximum Gasteiger partial charge on any atom is 0.141 e. The summed E-state index contributed by atoms with van der Waals surface area (Å²) in [6.07, 6.45) is -0.863. The molecule has 0 spiro atoms. The van der Waals surface area contributed by atoms with Gasteiger partial charge in [-0.25, -0.2) is 4.39 Å². The summed E-state index contributed by atoms with van der Waals surface area (Å²) in [4.78, 5) is 0. The number of rotatable bonds is 3. The molecule has 1 unspecified atom stereocenters. The van der Waals surface area contributed by atoms with Crippen molar-refractivity contribution < 1.29 is 14.2 Å². The highest BCUT2D eigenvalue weighted by molar-refractivity contribution is 9.10. The zero-order valence-corrected chi connectivity index (χ0v) is 14.1. The van der Waals surface area contributed by atoms with Crippen molar-refractivity contribution in [3.63, 3.8) is 0 Å². The summed E-state index contributed by atoms with van der Waals surface area (Å²) in [6.45, 7) is 5.94. The highest BCUT2D eigenvalue weighted by atomic mass is 79.9. The van der Waals surface area contributed by atoms with Gasteiger partial charge in [0.05, 0.1) is 11.6 Å². The number of aryl methyl sites for hydroxylation is 3. The lowest BCUT2D eigenvalue weighted by atomic mass is 9.91. The molecule has 0 bridgehead atoms. The molecule has 1 atom stereocenters. The van der Waals surface area contributed by atoms with Gasteiger partial charge < -0.3 is 9.84 Å². The fraction of sp³-hybridized carbons (Fsp3) is 0.294. The predicted molar refractivity (Wildman–Crippen MR) is 85.4 cm³/mol. The van der Waals surface area contributed by atoms with E-state index in [1.54, 1.807) is 6.07 Å². The minimum atomic E-state index is -0.863. The first-order valence-electron chi connectivity index (χ1n) is 6.64. The van der Waals surface area contributed by atoms with Crippen LogP contribution >= 0.6 is 15.9 Å². The van der Waals surface area contributed by atoms with Crippen LogP contribution in [0.3, 0.4) is 0 Å². The van der Waals surface area contributed by atoms with E-state index in [1.807, 2.05) is 32.9 Å². The third kappa shape index (κ3) is 3.11. The van der Waals surface area contributed by atoms with E-state index in [9.17, 15) is 9.50 Å². The van der Waals surface area contributed by atoms with Gasteiger partial charge in [0.1, 0.15) is 17.7 Å². The van der Waals surface area contributed by atoms with E-state index in [4.69, 9.17) is 4.74 Å². The molecule has 0 aliphatic rings. The molecular weight excluding hydrogens is 335 g/mol. The Morgan fingerprint density at radius 1 is 1.10 bits per heavy atom. The van der Waals surface area contributed by atoms with Crippen LogP contribution in [0.2, 0.25) is 0 Å². The summed E-state index contributed by atoms with van der Waals surface area (Å²) in [5.74, 6) is -0.0808. The zero-order chi connectivity index (χ0) is 15.7. The van der Waals surface area contributed by atoms with Crippen LogP contribution in [0.4, 0.5) is 4.39 Å². The molecule has 0 radical (unpaired) electrons. The van der Waals surface area contributed by atoms with Crippen molar-refractivity contribution in [1.82, 2.24) is 0 Å². The number of hydrogen-bond donors (Lipinski definition) is 1. The van der Waals surface area contributed by atoms with Gasteiger partial charge in [-0.2, -0.15) is 0 Å². The van der Waals surface area contributed by atoms with Crippen LogP contribution in [0, 0.1) is 26.6 Å². The lowest BCUT2D eigenvalue weighted by Crippen LogP contribution is -2.07. The molecule has 0 saturated heterocycles. The first-order valence-corrected chi connectivity index (χ1v) is 7.43. The normalized spacial score (nSPS) is 12.3. The average Bonchev–Trinajstić information content (AvgIpc) is 2.39. The van der Waals surface area contributed by atoms with Crippen LogP contribution in [-0.4, -0.2) is 12.2 Å². The van der Waals surface area contributed by atoms with E-state index in [-0.39, 0.29) is 0 Å². The van der Waals surface area contributed by atoms with Crippen molar-refractivity contribution >= 4 is 15.9 Å². The Kier molecular flexibility index (Phi) is 4.69. The van der Waals surface area contributed by atoms with Crippen LogP contribution in [0.5, 0.6) is 5.75 Å². The van der Waals surface area contributed by atoms with Gasteiger partial charge in [0, 0.05) is 11.6 Å². The summed E-state index contributed by atoms with van der Waals surface area (Å²) >= 11 is 3.16. The number of ether oxygens (including phenoxy) is 1. The second-order valence-corrected chi connectivity index (χ2v) is 6.08. The molecule has 0 amide bonds. The third-order valence-corrected chi connectivity index (χ3v) is 4.19. The molecule has 21 heavy (non-hydrogen) atoms. The molecular formula is C17H18BrFO2. The van der Waals surface area contributed by atoms with Crippen LogP contribution < -0.4 is 4.74 Å². The summed E-state index contributed by atoms with van der Waals surface area (Å²) in [7, 11) is 1.47. The standard InChI is InChI=1S/C17H18BrFO2/c1-9-5-10(2)16(11(3)6-9)17(20)12-7-13(18)14(19)8-15(12)21-4/h5-8,17,20H,1-4H3. The Labute approximate surface area is 132 Å². The molecule has 2 nitrogen and oxygen atoms in total. The van der Waals surface area contributed by atoms with Crippen molar-refractivity contribution in [1.29, 1.82) is 0 Å². The van der Waals surface area contributed by atoms with E-state index in [2.05, 4.69) is 15.9 Å². The van der Waals surface area contributed by atoms with Crippen molar-refractivity contribution in [3.05, 3.63) is 62.4 Å². The monoisotopic (exact) mass is 352 g/mol. The molecule has 2 aromatic rings. The van der Waals surface area contributed by atoms with Gasteiger partial charge in [-0.3, -0.25) is 0 Å². The first-order chi connectivity index (χ1) is 9.85. The maximum atomic E-state index is 13.6.